The normalized spacial score (nSPS) is 10.8. The smallest absolute Gasteiger partial charge is 0.0991 e. The Morgan fingerprint density at radius 2 is 0.760 bits per heavy atom. The van der Waals surface area contributed by atoms with Crippen molar-refractivity contribution in [2.24, 2.45) is 0 Å². The fraction of sp³-hybridized carbons (Fsp3) is 0.208. The number of hydrogen-bond acceptors (Lipinski definition) is 2. The standard InChI is InChI=1S/C48H44N2/c1-34-29-37(15-28-47(34)45-24-20-43(21-25-45)41-16-11-38(32-49)12-17-41)9-7-5-4-6-8-10-40-30-35(2)48(36(3)31-40)46-26-22-44(23-27-46)42-18-13-39(33-50)14-19-42/h11-31H,4-10H2,1-3H3. The quantitative estimate of drug-likeness (QED) is 0.124. The van der Waals surface area contributed by atoms with Gasteiger partial charge < -0.3 is 0 Å². The van der Waals surface area contributed by atoms with Gasteiger partial charge in [-0.05, 0) is 143 Å². The van der Waals surface area contributed by atoms with Crippen molar-refractivity contribution in [3.63, 3.8) is 0 Å². The summed E-state index contributed by atoms with van der Waals surface area (Å²) in [5, 5.41) is 18.1. The van der Waals surface area contributed by atoms with Gasteiger partial charge in [-0.25, -0.2) is 0 Å². The van der Waals surface area contributed by atoms with E-state index in [1.165, 1.54) is 82.2 Å². The van der Waals surface area contributed by atoms with E-state index in [1.807, 2.05) is 48.5 Å². The summed E-state index contributed by atoms with van der Waals surface area (Å²) in [5.41, 5.74) is 17.9. The zero-order chi connectivity index (χ0) is 34.9. The fourth-order valence-electron chi connectivity index (χ4n) is 7.19. The first-order chi connectivity index (χ1) is 24.4. The summed E-state index contributed by atoms with van der Waals surface area (Å²) in [7, 11) is 0. The van der Waals surface area contributed by atoms with Gasteiger partial charge in [-0.15, -0.1) is 0 Å². The molecule has 0 aliphatic carbocycles. The molecular formula is C48H44N2. The van der Waals surface area contributed by atoms with Crippen LogP contribution in [0.4, 0.5) is 0 Å². The van der Waals surface area contributed by atoms with Crippen molar-refractivity contribution in [2.45, 2.75) is 65.7 Å². The van der Waals surface area contributed by atoms with E-state index >= 15 is 0 Å². The van der Waals surface area contributed by atoms with Crippen LogP contribution in [0.25, 0.3) is 44.5 Å². The molecule has 0 fully saturated rings. The van der Waals surface area contributed by atoms with Crippen molar-refractivity contribution in [2.75, 3.05) is 0 Å². The van der Waals surface area contributed by atoms with Gasteiger partial charge in [0.2, 0.25) is 0 Å². The molecule has 0 aliphatic heterocycles. The molecule has 0 heterocycles. The minimum Gasteiger partial charge on any atom is -0.192 e. The van der Waals surface area contributed by atoms with Crippen LogP contribution in [0.15, 0.2) is 127 Å². The summed E-state index contributed by atoms with van der Waals surface area (Å²) < 4.78 is 0. The Hall–Kier alpha value is -5.70. The van der Waals surface area contributed by atoms with Crippen molar-refractivity contribution in [1.82, 2.24) is 0 Å². The third-order valence-electron chi connectivity index (χ3n) is 9.88. The number of nitriles is 2. The van der Waals surface area contributed by atoms with Gasteiger partial charge in [0.15, 0.2) is 0 Å². The van der Waals surface area contributed by atoms with Crippen LogP contribution in [0.2, 0.25) is 0 Å². The minimum atomic E-state index is 0.686. The largest absolute Gasteiger partial charge is 0.192 e. The van der Waals surface area contributed by atoms with Crippen LogP contribution in [-0.2, 0) is 12.8 Å². The molecule has 0 saturated heterocycles. The average molecular weight is 649 g/mol. The van der Waals surface area contributed by atoms with E-state index in [1.54, 1.807) is 0 Å². The Morgan fingerprint density at radius 3 is 1.22 bits per heavy atom. The van der Waals surface area contributed by atoms with Crippen molar-refractivity contribution < 1.29 is 0 Å². The van der Waals surface area contributed by atoms with Gasteiger partial charge in [0.1, 0.15) is 0 Å². The first-order valence-corrected chi connectivity index (χ1v) is 17.8. The molecule has 2 heteroatoms. The van der Waals surface area contributed by atoms with Gasteiger partial charge in [0.05, 0.1) is 23.3 Å². The van der Waals surface area contributed by atoms with Crippen LogP contribution in [0, 0.1) is 43.4 Å². The van der Waals surface area contributed by atoms with Gasteiger partial charge in [-0.3, -0.25) is 0 Å². The lowest BCUT2D eigenvalue weighted by atomic mass is 9.91. The molecule has 0 aliphatic rings. The molecule has 0 atom stereocenters. The Balaban J connectivity index is 0.942. The lowest BCUT2D eigenvalue weighted by Gasteiger charge is -2.14. The maximum absolute atomic E-state index is 9.08. The molecule has 0 N–H and O–H groups in total. The highest BCUT2D eigenvalue weighted by molar-refractivity contribution is 5.75. The SMILES string of the molecule is Cc1cc(CCCCCCCc2cc(C)c(-c3ccc(-c4ccc(C#N)cc4)cc3)c(C)c2)ccc1-c1ccc(-c2ccc(C#N)cc2)cc1. The first-order valence-electron chi connectivity index (χ1n) is 17.8. The molecule has 2 nitrogen and oxygen atoms in total. The van der Waals surface area contributed by atoms with Gasteiger partial charge in [-0.1, -0.05) is 122 Å². The molecule has 0 radical (unpaired) electrons. The highest BCUT2D eigenvalue weighted by Gasteiger charge is 2.10. The number of hydrogen-bond donors (Lipinski definition) is 0. The van der Waals surface area contributed by atoms with Gasteiger partial charge in [0.25, 0.3) is 0 Å². The number of nitrogens with zero attached hydrogens (tertiary/aromatic N) is 2. The Morgan fingerprint density at radius 1 is 0.380 bits per heavy atom. The van der Waals surface area contributed by atoms with E-state index in [0.29, 0.717) is 11.1 Å². The van der Waals surface area contributed by atoms with Crippen LogP contribution in [0.3, 0.4) is 0 Å². The van der Waals surface area contributed by atoms with Crippen LogP contribution >= 0.6 is 0 Å². The number of unbranched alkanes of at least 4 members (excludes halogenated alkanes) is 4. The summed E-state index contributed by atoms with van der Waals surface area (Å²) in [6.45, 7) is 6.70. The first kappa shape index (κ1) is 34.2. The number of aryl methyl sites for hydroxylation is 5. The lowest BCUT2D eigenvalue weighted by molar-refractivity contribution is 0.613. The Kier molecular flexibility index (Phi) is 11.0. The monoisotopic (exact) mass is 648 g/mol. The van der Waals surface area contributed by atoms with Crippen molar-refractivity contribution in [1.29, 1.82) is 10.5 Å². The van der Waals surface area contributed by atoms with Crippen molar-refractivity contribution >= 4 is 0 Å². The van der Waals surface area contributed by atoms with E-state index in [0.717, 1.165) is 35.1 Å². The van der Waals surface area contributed by atoms with Gasteiger partial charge in [-0.2, -0.15) is 10.5 Å². The molecule has 0 unspecified atom stereocenters. The second-order valence-corrected chi connectivity index (χ2v) is 13.6. The summed E-state index contributed by atoms with van der Waals surface area (Å²) >= 11 is 0. The highest BCUT2D eigenvalue weighted by atomic mass is 14.2. The van der Waals surface area contributed by atoms with Crippen molar-refractivity contribution in [3.8, 4) is 56.6 Å². The third-order valence-corrected chi connectivity index (χ3v) is 9.88. The van der Waals surface area contributed by atoms with Crippen molar-refractivity contribution in [3.05, 3.63) is 166 Å². The van der Waals surface area contributed by atoms with E-state index in [9.17, 15) is 0 Å². The molecule has 0 amide bonds. The lowest BCUT2D eigenvalue weighted by Crippen LogP contribution is -1.94. The molecule has 0 aromatic heterocycles. The number of benzene rings is 6. The maximum Gasteiger partial charge on any atom is 0.0991 e. The average Bonchev–Trinajstić information content (AvgIpc) is 3.15. The summed E-state index contributed by atoms with van der Waals surface area (Å²) in [6.07, 6.45) is 8.55. The van der Waals surface area contributed by atoms with Crippen LogP contribution in [0.1, 0.15) is 71.0 Å². The molecule has 0 spiro atoms. The predicted molar refractivity (Wildman–Crippen MR) is 209 cm³/mol. The Bertz CT molecular complexity index is 2120. The molecule has 6 aromatic rings. The Labute approximate surface area is 298 Å². The van der Waals surface area contributed by atoms with Gasteiger partial charge >= 0.3 is 0 Å². The second-order valence-electron chi connectivity index (χ2n) is 13.6. The van der Waals surface area contributed by atoms with E-state index in [4.69, 9.17) is 10.5 Å². The molecule has 50 heavy (non-hydrogen) atoms. The highest BCUT2D eigenvalue weighted by Crippen LogP contribution is 2.32. The molecule has 6 rings (SSSR count). The molecule has 0 saturated carbocycles. The molecule has 0 bridgehead atoms. The van der Waals surface area contributed by atoms with E-state index in [2.05, 4.69) is 112 Å². The zero-order valence-electron chi connectivity index (χ0n) is 29.5. The molecular weight excluding hydrogens is 605 g/mol. The zero-order valence-corrected chi connectivity index (χ0v) is 29.5. The van der Waals surface area contributed by atoms with E-state index < -0.39 is 0 Å². The number of rotatable bonds is 12. The summed E-state index contributed by atoms with van der Waals surface area (Å²) in [5.74, 6) is 0. The molecule has 246 valence electrons. The summed E-state index contributed by atoms with van der Waals surface area (Å²) in [4.78, 5) is 0. The van der Waals surface area contributed by atoms with Crippen LogP contribution in [-0.4, -0.2) is 0 Å². The third kappa shape index (κ3) is 8.29. The fourth-order valence-corrected chi connectivity index (χ4v) is 7.19. The topological polar surface area (TPSA) is 47.6 Å². The van der Waals surface area contributed by atoms with E-state index in [-0.39, 0.29) is 0 Å². The van der Waals surface area contributed by atoms with Crippen LogP contribution in [0.5, 0.6) is 0 Å². The predicted octanol–water partition coefficient (Wildman–Crippen LogP) is 12.8. The molecule has 6 aromatic carbocycles. The second kappa shape index (κ2) is 16.1. The minimum absolute atomic E-state index is 0.686. The van der Waals surface area contributed by atoms with Crippen LogP contribution < -0.4 is 0 Å². The summed E-state index contributed by atoms with van der Waals surface area (Å²) in [6, 6.07) is 49.2. The van der Waals surface area contributed by atoms with Gasteiger partial charge in [0, 0.05) is 0 Å². The maximum atomic E-state index is 9.08.